The van der Waals surface area contributed by atoms with E-state index in [-0.39, 0.29) is 275 Å². The molecule has 0 aliphatic rings. The van der Waals surface area contributed by atoms with Crippen LogP contribution in [0.25, 0.3) is 10.8 Å². The molecule has 1 heterocycles. The van der Waals surface area contributed by atoms with Crippen LogP contribution < -0.4 is 268 Å². The van der Waals surface area contributed by atoms with Gasteiger partial charge >= 0.3 is 263 Å². The molecule has 0 saturated carbocycles. The van der Waals surface area contributed by atoms with Crippen LogP contribution in [-0.2, 0) is 50.6 Å². The molecule has 1 aromatic heterocycles. The Morgan fingerprint density at radius 3 is 1.52 bits per heavy atom. The number of aromatic hydroxyl groups is 1. The molecule has 4 N–H and O–H groups in total. The molecule has 62 heavy (non-hydrogen) atoms. The molecule has 0 aliphatic carbocycles. The van der Waals surface area contributed by atoms with Crippen LogP contribution in [0.4, 0.5) is 44.5 Å². The van der Waals surface area contributed by atoms with Crippen LogP contribution >= 0.6 is 0 Å². The summed E-state index contributed by atoms with van der Waals surface area (Å²) < 4.78 is 194. The van der Waals surface area contributed by atoms with Gasteiger partial charge in [-0.1, -0.05) is 0 Å². The molecule has 0 aliphatic heterocycles. The van der Waals surface area contributed by atoms with E-state index in [4.69, 9.17) is 5.73 Å². The van der Waals surface area contributed by atoms with Crippen molar-refractivity contribution in [2.24, 2.45) is 20.5 Å². The molecule has 36 heteroatoms. The number of nitrogens with one attached hydrogen (secondary N) is 1. The average Bonchev–Trinajstić information content (AvgIpc) is 3.04. The fourth-order valence-electron chi connectivity index (χ4n) is 4.76. The quantitative estimate of drug-likeness (QED) is 0.0478. The van der Waals surface area contributed by atoms with Crippen LogP contribution in [-0.4, -0.2) is 84.9 Å². The molecule has 5 aromatic rings. The maximum atomic E-state index is 13.7. The standard InChI is InChI=1S/C26H20FN9O16S5.5K/c1-10-29-25(27)32-26(30-10)31-12-2-4-16(54(41,42)43)14(8-12)33-36-23-19(57(50,51)52)7-11-6-18(56(47,48)49)22(21(28)20(11)24(23)37)35-34-15-9-13(53(38,39)40)3-5-17(15)55(44,45)46;;;;;/h2-9,37H,28H2,1H3,(H,38,39,40)(H,41,42,43)(H,44,45,46)(H,47,48,49)(H,50,51,52)(H,29,30,31,32);;;;;/q;5*+1/p-5. The summed E-state index contributed by atoms with van der Waals surface area (Å²) in [6.45, 7) is 1.29. The number of nitrogens with zero attached hydrogens (tertiary/aromatic N) is 7. The SMILES string of the molecule is Cc1nc(F)nc(Nc2ccc(S(=O)(=O)[O-])c(N=Nc3c(S(=O)(=O)[O-])cc4cc(S(=O)(=O)[O-])c(N=Nc5cc(S(=O)(=O)[O-])ccc5S(=O)(=O)[O-])c(N)c4c3O)c2)n1.[K+].[K+].[K+].[K+].[K+]. The van der Waals surface area contributed by atoms with Crippen molar-refractivity contribution in [1.82, 2.24) is 15.0 Å². The van der Waals surface area contributed by atoms with Crippen molar-refractivity contribution in [3.63, 3.8) is 0 Å². The molecule has 0 unspecified atom stereocenters. The van der Waals surface area contributed by atoms with E-state index in [0.29, 0.717) is 30.3 Å². The molecule has 25 nitrogen and oxygen atoms in total. The average molecular weight is 1080 g/mol. The normalized spacial score (nSPS) is 12.1. The minimum Gasteiger partial charge on any atom is -0.744 e. The number of fused-ring (bicyclic) bond motifs is 1. The first-order chi connectivity index (χ1) is 26.1. The Hall–Kier alpha value is 2.41. The zero-order chi connectivity index (χ0) is 42.6. The number of phenols is 1. The van der Waals surface area contributed by atoms with Crippen molar-refractivity contribution in [3.05, 3.63) is 60.4 Å². The summed E-state index contributed by atoms with van der Waals surface area (Å²) in [6.07, 6.45) is -1.23. The fourth-order valence-corrected chi connectivity index (χ4v) is 7.74. The van der Waals surface area contributed by atoms with Crippen LogP contribution in [0.3, 0.4) is 0 Å². The van der Waals surface area contributed by atoms with Crippen molar-refractivity contribution in [1.29, 1.82) is 0 Å². The molecule has 0 spiro atoms. The molecule has 0 radical (unpaired) electrons. The van der Waals surface area contributed by atoms with Gasteiger partial charge < -0.3 is 38.9 Å². The van der Waals surface area contributed by atoms with Gasteiger partial charge in [-0.15, -0.1) is 20.5 Å². The zero-order valence-corrected chi connectivity index (χ0v) is 52.0. The predicted octanol–water partition coefficient (Wildman–Crippen LogP) is -13.1. The number of azo groups is 2. The van der Waals surface area contributed by atoms with E-state index in [2.05, 4.69) is 40.7 Å². The van der Waals surface area contributed by atoms with Gasteiger partial charge in [0.15, 0.2) is 5.75 Å². The monoisotopic (exact) mass is 1080 g/mol. The van der Waals surface area contributed by atoms with Gasteiger partial charge in [-0.2, -0.15) is 19.3 Å². The second kappa shape index (κ2) is 25.0. The van der Waals surface area contributed by atoms with Crippen LogP contribution in [0.1, 0.15) is 5.82 Å². The number of benzene rings is 4. The smallest absolute Gasteiger partial charge is 0.744 e. The topological polar surface area (TPSA) is 432 Å². The van der Waals surface area contributed by atoms with E-state index < -0.39 is 132 Å². The summed E-state index contributed by atoms with van der Waals surface area (Å²) in [5, 5.41) is 25.6. The zero-order valence-electron chi connectivity index (χ0n) is 32.3. The predicted molar refractivity (Wildman–Crippen MR) is 179 cm³/mol. The molecular weight excluding hydrogens is 1070 g/mol. The fraction of sp³-hybridized carbons (Fsp3) is 0.0385. The molecule has 5 rings (SSSR count). The third-order valence-corrected chi connectivity index (χ3v) is 11.4. The number of phenolic OH excluding ortho intramolecular Hbond substituents is 1. The first kappa shape index (κ1) is 64.4. The van der Waals surface area contributed by atoms with Crippen molar-refractivity contribution < 1.29 is 331 Å². The number of aromatic nitrogens is 3. The number of halogens is 1. The first-order valence-corrected chi connectivity index (χ1v) is 21.3. The minimum atomic E-state index is -5.79. The van der Waals surface area contributed by atoms with Gasteiger partial charge in [0, 0.05) is 5.69 Å². The summed E-state index contributed by atoms with van der Waals surface area (Å²) in [5.74, 6) is -1.99. The minimum absolute atomic E-state index is 0. The molecule has 0 fully saturated rings. The summed E-state index contributed by atoms with van der Waals surface area (Å²) in [5.41, 5.74) is -0.0229. The van der Waals surface area contributed by atoms with Crippen LogP contribution in [0.2, 0.25) is 0 Å². The second-order valence-corrected chi connectivity index (χ2v) is 17.7. The van der Waals surface area contributed by atoms with Gasteiger partial charge in [0.2, 0.25) is 5.95 Å². The number of hydrogen-bond acceptors (Lipinski definition) is 25. The van der Waals surface area contributed by atoms with E-state index in [9.17, 15) is 74.3 Å². The molecular formula is C26H15FK5N9O16S5. The maximum absolute atomic E-state index is 13.7. The number of rotatable bonds is 11. The molecule has 4 aromatic carbocycles. The van der Waals surface area contributed by atoms with Crippen molar-refractivity contribution in [2.45, 2.75) is 31.4 Å². The Morgan fingerprint density at radius 2 is 1.05 bits per heavy atom. The van der Waals surface area contributed by atoms with Gasteiger partial charge in [0.05, 0.1) is 35.6 Å². The van der Waals surface area contributed by atoms with E-state index in [0.717, 1.165) is 12.1 Å². The second-order valence-electron chi connectivity index (χ2n) is 10.9. The number of hydrogen-bond donors (Lipinski definition) is 3. The van der Waals surface area contributed by atoms with E-state index in [1.54, 1.807) is 0 Å². The Bertz CT molecular complexity index is 3190. The first-order valence-electron chi connectivity index (χ1n) is 14.2. The third-order valence-electron chi connectivity index (χ3n) is 7.06. The van der Waals surface area contributed by atoms with Crippen molar-refractivity contribution in [2.75, 3.05) is 11.1 Å². The van der Waals surface area contributed by atoms with Gasteiger partial charge in [-0.25, -0.2) is 42.1 Å². The van der Waals surface area contributed by atoms with E-state index in [1.165, 1.54) is 6.92 Å². The van der Waals surface area contributed by atoms with Crippen LogP contribution in [0, 0.1) is 13.0 Å². The Morgan fingerprint density at radius 1 is 0.597 bits per heavy atom. The molecule has 0 atom stereocenters. The summed E-state index contributed by atoms with van der Waals surface area (Å²) >= 11 is 0. The van der Waals surface area contributed by atoms with Gasteiger partial charge in [-0.05, 0) is 60.8 Å². The van der Waals surface area contributed by atoms with Crippen molar-refractivity contribution >= 4 is 101 Å². The van der Waals surface area contributed by atoms with E-state index in [1.807, 2.05) is 0 Å². The summed E-state index contributed by atoms with van der Waals surface area (Å²) in [4.78, 5) is 3.91. The number of nitrogens with two attached hydrogens (primary N) is 1. The number of anilines is 3. The Labute approximate surface area is 563 Å². The van der Waals surface area contributed by atoms with Gasteiger partial charge in [-0.3, -0.25) is 0 Å². The van der Waals surface area contributed by atoms with Crippen molar-refractivity contribution in [3.8, 4) is 5.75 Å². The summed E-state index contributed by atoms with van der Waals surface area (Å²) in [7, 11) is -27.9. The third kappa shape index (κ3) is 16.2. The van der Waals surface area contributed by atoms with Gasteiger partial charge in [0.25, 0.3) is 0 Å². The number of aryl methyl sites for hydroxylation is 1. The Kier molecular flexibility index (Phi) is 26.0. The van der Waals surface area contributed by atoms with Gasteiger partial charge in [0.1, 0.15) is 79.2 Å². The van der Waals surface area contributed by atoms with Crippen LogP contribution in [0.5, 0.6) is 5.75 Å². The Balaban J connectivity index is 0.00000744. The van der Waals surface area contributed by atoms with E-state index >= 15 is 0 Å². The molecule has 0 amide bonds. The molecule has 302 valence electrons. The summed E-state index contributed by atoms with van der Waals surface area (Å²) in [6, 6.07) is 4.05. The maximum Gasteiger partial charge on any atom is 1.00 e. The van der Waals surface area contributed by atoms with Crippen LogP contribution in [0.15, 0.2) is 93.5 Å². The largest absolute Gasteiger partial charge is 1.00 e. The molecule has 0 saturated heterocycles. The number of nitrogen functional groups attached to an aromatic ring is 1. The molecule has 0 bridgehead atoms.